The molecule has 88 valence electrons. The van der Waals surface area contributed by atoms with Gasteiger partial charge in [0.1, 0.15) is 0 Å². The molecule has 3 nitrogen and oxygen atoms in total. The van der Waals surface area contributed by atoms with Gasteiger partial charge >= 0.3 is 0 Å². The minimum absolute atomic E-state index is 0.147. The van der Waals surface area contributed by atoms with Gasteiger partial charge in [-0.25, -0.2) is 0 Å². The highest BCUT2D eigenvalue weighted by atomic mass is 16.1. The van der Waals surface area contributed by atoms with Crippen LogP contribution in [0, 0.1) is 5.92 Å². The molecule has 1 fully saturated rings. The maximum absolute atomic E-state index is 11.4. The van der Waals surface area contributed by atoms with E-state index in [1.165, 1.54) is 32.1 Å². The summed E-state index contributed by atoms with van der Waals surface area (Å²) in [6, 6.07) is 0. The second-order valence-corrected chi connectivity index (χ2v) is 4.48. The SMILES string of the molecule is CCCNCC(=O)NCC1CCCCC1. The molecular weight excluding hydrogens is 188 g/mol. The molecule has 0 aromatic rings. The van der Waals surface area contributed by atoms with E-state index in [1.54, 1.807) is 0 Å². The molecule has 2 N–H and O–H groups in total. The molecule has 0 aromatic heterocycles. The van der Waals surface area contributed by atoms with Gasteiger partial charge < -0.3 is 10.6 Å². The van der Waals surface area contributed by atoms with Gasteiger partial charge in [0.25, 0.3) is 0 Å². The molecule has 0 saturated heterocycles. The van der Waals surface area contributed by atoms with Crippen molar-refractivity contribution in [3.63, 3.8) is 0 Å². The molecule has 0 heterocycles. The Labute approximate surface area is 93.0 Å². The van der Waals surface area contributed by atoms with Crippen molar-refractivity contribution in [1.82, 2.24) is 10.6 Å². The molecule has 0 unspecified atom stereocenters. The van der Waals surface area contributed by atoms with E-state index in [2.05, 4.69) is 17.6 Å². The number of nitrogens with one attached hydrogen (secondary N) is 2. The van der Waals surface area contributed by atoms with Crippen molar-refractivity contribution in [1.29, 1.82) is 0 Å². The summed E-state index contributed by atoms with van der Waals surface area (Å²) in [5.41, 5.74) is 0. The van der Waals surface area contributed by atoms with Gasteiger partial charge in [-0.15, -0.1) is 0 Å². The Morgan fingerprint density at radius 3 is 2.67 bits per heavy atom. The number of carbonyl (C=O) groups is 1. The highest BCUT2D eigenvalue weighted by Gasteiger charge is 2.13. The summed E-state index contributed by atoms with van der Waals surface area (Å²) in [4.78, 5) is 11.4. The molecule has 0 aliphatic heterocycles. The first kappa shape index (κ1) is 12.5. The minimum atomic E-state index is 0.147. The third-order valence-corrected chi connectivity index (χ3v) is 3.02. The Bertz CT molecular complexity index is 176. The van der Waals surface area contributed by atoms with Crippen molar-refractivity contribution in [2.75, 3.05) is 19.6 Å². The van der Waals surface area contributed by atoms with E-state index in [0.717, 1.165) is 25.4 Å². The predicted octanol–water partition coefficient (Wildman–Crippen LogP) is 1.68. The smallest absolute Gasteiger partial charge is 0.233 e. The summed E-state index contributed by atoms with van der Waals surface area (Å²) in [6.07, 6.45) is 7.73. The van der Waals surface area contributed by atoms with Crippen LogP contribution < -0.4 is 10.6 Å². The first-order valence-corrected chi connectivity index (χ1v) is 6.30. The zero-order chi connectivity index (χ0) is 10.9. The number of amides is 1. The number of rotatable bonds is 6. The van der Waals surface area contributed by atoms with Crippen molar-refractivity contribution in [3.8, 4) is 0 Å². The summed E-state index contributed by atoms with van der Waals surface area (Å²) >= 11 is 0. The average Bonchev–Trinajstić information content (AvgIpc) is 2.28. The number of hydrogen-bond acceptors (Lipinski definition) is 2. The normalized spacial score (nSPS) is 17.7. The molecule has 3 heteroatoms. The molecule has 0 bridgehead atoms. The molecule has 1 amide bonds. The standard InChI is InChI=1S/C12H24N2O/c1-2-8-13-10-12(15)14-9-11-6-4-3-5-7-11/h11,13H,2-10H2,1H3,(H,14,15). The highest BCUT2D eigenvalue weighted by molar-refractivity contribution is 5.77. The third kappa shape index (κ3) is 5.78. The molecule has 0 atom stereocenters. The van der Waals surface area contributed by atoms with E-state index < -0.39 is 0 Å². The predicted molar refractivity (Wildman–Crippen MR) is 62.7 cm³/mol. The second kappa shape index (κ2) is 7.69. The molecule has 0 radical (unpaired) electrons. The second-order valence-electron chi connectivity index (χ2n) is 4.48. The van der Waals surface area contributed by atoms with Crippen LogP contribution >= 0.6 is 0 Å². The van der Waals surface area contributed by atoms with Crippen LogP contribution in [0.3, 0.4) is 0 Å². The number of carbonyl (C=O) groups excluding carboxylic acids is 1. The Kier molecular flexibility index (Phi) is 6.41. The van der Waals surface area contributed by atoms with Gasteiger partial charge in [0, 0.05) is 6.54 Å². The lowest BCUT2D eigenvalue weighted by atomic mass is 9.89. The van der Waals surface area contributed by atoms with Gasteiger partial charge in [-0.2, -0.15) is 0 Å². The molecule has 0 spiro atoms. The van der Waals surface area contributed by atoms with E-state index in [0.29, 0.717) is 6.54 Å². The largest absolute Gasteiger partial charge is 0.355 e. The Balaban J connectivity index is 2.00. The van der Waals surface area contributed by atoms with Crippen LogP contribution in [0.15, 0.2) is 0 Å². The van der Waals surface area contributed by atoms with E-state index in [1.807, 2.05) is 0 Å². The fourth-order valence-corrected chi connectivity index (χ4v) is 2.09. The lowest BCUT2D eigenvalue weighted by Crippen LogP contribution is -2.37. The van der Waals surface area contributed by atoms with Crippen LogP contribution in [-0.4, -0.2) is 25.5 Å². The summed E-state index contributed by atoms with van der Waals surface area (Å²) in [6.45, 7) is 4.39. The van der Waals surface area contributed by atoms with E-state index >= 15 is 0 Å². The van der Waals surface area contributed by atoms with E-state index in [9.17, 15) is 4.79 Å². The Morgan fingerprint density at radius 1 is 1.27 bits per heavy atom. The molecule has 1 aliphatic carbocycles. The zero-order valence-electron chi connectivity index (χ0n) is 9.85. The molecular formula is C12H24N2O. The highest BCUT2D eigenvalue weighted by Crippen LogP contribution is 2.22. The fourth-order valence-electron chi connectivity index (χ4n) is 2.09. The average molecular weight is 212 g/mol. The van der Waals surface area contributed by atoms with Crippen molar-refractivity contribution >= 4 is 5.91 Å². The minimum Gasteiger partial charge on any atom is -0.355 e. The van der Waals surface area contributed by atoms with Crippen LogP contribution in [0.2, 0.25) is 0 Å². The lowest BCUT2D eigenvalue weighted by Gasteiger charge is -2.21. The van der Waals surface area contributed by atoms with Gasteiger partial charge in [-0.05, 0) is 31.7 Å². The van der Waals surface area contributed by atoms with Crippen molar-refractivity contribution in [2.45, 2.75) is 45.4 Å². The summed E-state index contributed by atoms with van der Waals surface area (Å²) in [7, 11) is 0. The maximum Gasteiger partial charge on any atom is 0.233 e. The van der Waals surface area contributed by atoms with Gasteiger partial charge in [0.15, 0.2) is 0 Å². The zero-order valence-corrected chi connectivity index (χ0v) is 9.85. The van der Waals surface area contributed by atoms with Crippen molar-refractivity contribution in [3.05, 3.63) is 0 Å². The summed E-state index contributed by atoms with van der Waals surface area (Å²) in [5, 5.41) is 6.12. The summed E-state index contributed by atoms with van der Waals surface area (Å²) in [5.74, 6) is 0.878. The van der Waals surface area contributed by atoms with Crippen LogP contribution in [0.1, 0.15) is 45.4 Å². The van der Waals surface area contributed by atoms with Gasteiger partial charge in [0.05, 0.1) is 6.54 Å². The van der Waals surface area contributed by atoms with Gasteiger partial charge in [-0.1, -0.05) is 26.2 Å². The quantitative estimate of drug-likeness (QED) is 0.658. The molecule has 0 aromatic carbocycles. The third-order valence-electron chi connectivity index (χ3n) is 3.02. The van der Waals surface area contributed by atoms with E-state index in [4.69, 9.17) is 0 Å². The van der Waals surface area contributed by atoms with Crippen LogP contribution in [0.5, 0.6) is 0 Å². The van der Waals surface area contributed by atoms with Gasteiger partial charge in [0.2, 0.25) is 5.91 Å². The van der Waals surface area contributed by atoms with Crippen LogP contribution in [0.4, 0.5) is 0 Å². The summed E-state index contributed by atoms with van der Waals surface area (Å²) < 4.78 is 0. The molecule has 1 saturated carbocycles. The Hall–Kier alpha value is -0.570. The first-order valence-electron chi connectivity index (χ1n) is 6.30. The topological polar surface area (TPSA) is 41.1 Å². The van der Waals surface area contributed by atoms with Gasteiger partial charge in [-0.3, -0.25) is 4.79 Å². The first-order chi connectivity index (χ1) is 7.33. The molecule has 1 rings (SSSR count). The van der Waals surface area contributed by atoms with E-state index in [-0.39, 0.29) is 5.91 Å². The van der Waals surface area contributed by atoms with Crippen LogP contribution in [-0.2, 0) is 4.79 Å². The Morgan fingerprint density at radius 2 is 2.00 bits per heavy atom. The monoisotopic (exact) mass is 212 g/mol. The maximum atomic E-state index is 11.4. The lowest BCUT2D eigenvalue weighted by molar-refractivity contribution is -0.120. The van der Waals surface area contributed by atoms with Crippen molar-refractivity contribution < 1.29 is 4.79 Å². The number of hydrogen-bond donors (Lipinski definition) is 2. The fraction of sp³-hybridized carbons (Fsp3) is 0.917. The molecule has 1 aliphatic rings. The molecule has 15 heavy (non-hydrogen) atoms. The van der Waals surface area contributed by atoms with Crippen molar-refractivity contribution in [2.24, 2.45) is 5.92 Å². The van der Waals surface area contributed by atoms with Crippen LogP contribution in [0.25, 0.3) is 0 Å².